The Balaban J connectivity index is 2.53. The van der Waals surface area contributed by atoms with Crippen molar-refractivity contribution in [1.29, 1.82) is 0 Å². The molecule has 2 atom stereocenters. The minimum Gasteiger partial charge on any atom is -0.464 e. The smallest absolute Gasteiger partial charge is 0.342 e. The molecule has 1 aromatic heterocycles. The molecule has 0 aliphatic heterocycles. The van der Waals surface area contributed by atoms with Crippen LogP contribution in [0.5, 0.6) is 0 Å². The summed E-state index contributed by atoms with van der Waals surface area (Å²) in [5, 5.41) is 13.8. The molecule has 21 heavy (non-hydrogen) atoms. The third-order valence-electron chi connectivity index (χ3n) is 3.60. The molecule has 0 saturated heterocycles. The maximum atomic E-state index is 12.0. The van der Waals surface area contributed by atoms with E-state index in [1.54, 1.807) is 18.3 Å². The van der Waals surface area contributed by atoms with Crippen LogP contribution in [-0.4, -0.2) is 29.6 Å². The van der Waals surface area contributed by atoms with Gasteiger partial charge >= 0.3 is 5.97 Å². The minimum absolute atomic E-state index is 0.154. The maximum absolute atomic E-state index is 12.0. The number of carbonyl (C=O) groups excluding carboxylic acids is 2. The predicted molar refractivity (Wildman–Crippen MR) is 83.2 cm³/mol. The molecule has 0 aromatic carbocycles. The molecule has 1 aromatic rings. The molecular weight excluding hydrogens is 288 g/mol. The monoisotopic (exact) mass is 312 g/mol. The molecule has 5 heteroatoms. The van der Waals surface area contributed by atoms with E-state index in [9.17, 15) is 14.7 Å². The second-order valence-electron chi connectivity index (χ2n) is 5.50. The van der Waals surface area contributed by atoms with Crippen LogP contribution in [-0.2, 0) is 20.7 Å². The van der Waals surface area contributed by atoms with Crippen LogP contribution in [0.4, 0.5) is 0 Å². The number of hydrogen-bond donors (Lipinski definition) is 1. The number of esters is 1. The summed E-state index contributed by atoms with van der Waals surface area (Å²) in [6.45, 7) is 5.92. The molecule has 4 nitrogen and oxygen atoms in total. The zero-order valence-electron chi connectivity index (χ0n) is 12.9. The van der Waals surface area contributed by atoms with Gasteiger partial charge in [-0.25, -0.2) is 4.79 Å². The Bertz CT molecular complexity index is 439. The minimum atomic E-state index is -1.65. The fraction of sp³-hybridized carbons (Fsp3) is 0.625. The SMILES string of the molecule is CCOC(=O)[C@@H](O)C(=O)CC(CCc1ccsc1)C(C)C. The van der Waals surface area contributed by atoms with Crippen molar-refractivity contribution in [2.24, 2.45) is 11.8 Å². The molecule has 0 amide bonds. The van der Waals surface area contributed by atoms with E-state index in [1.807, 2.05) is 5.38 Å². The van der Waals surface area contributed by atoms with Gasteiger partial charge in [-0.2, -0.15) is 11.3 Å². The van der Waals surface area contributed by atoms with Crippen molar-refractivity contribution < 1.29 is 19.4 Å². The van der Waals surface area contributed by atoms with E-state index in [0.29, 0.717) is 5.92 Å². The summed E-state index contributed by atoms with van der Waals surface area (Å²) < 4.78 is 4.68. The molecule has 1 N–H and O–H groups in total. The zero-order valence-corrected chi connectivity index (χ0v) is 13.7. The lowest BCUT2D eigenvalue weighted by molar-refractivity contribution is -0.157. The van der Waals surface area contributed by atoms with Crippen LogP contribution in [0.25, 0.3) is 0 Å². The number of aliphatic hydroxyl groups excluding tert-OH is 1. The van der Waals surface area contributed by atoms with Gasteiger partial charge in [-0.1, -0.05) is 13.8 Å². The highest BCUT2D eigenvalue weighted by molar-refractivity contribution is 7.07. The van der Waals surface area contributed by atoms with E-state index in [1.165, 1.54) is 5.56 Å². The Kier molecular flexibility index (Phi) is 7.61. The number of Topliss-reactive ketones (excluding diaryl/α,β-unsaturated/α-hetero) is 1. The van der Waals surface area contributed by atoms with E-state index in [0.717, 1.165) is 12.8 Å². The van der Waals surface area contributed by atoms with Gasteiger partial charge in [-0.05, 0) is 54.0 Å². The Morgan fingerprint density at radius 1 is 1.38 bits per heavy atom. The first-order chi connectivity index (χ1) is 9.95. The van der Waals surface area contributed by atoms with Crippen molar-refractivity contribution in [2.75, 3.05) is 6.61 Å². The summed E-state index contributed by atoms with van der Waals surface area (Å²) in [7, 11) is 0. The fourth-order valence-corrected chi connectivity index (χ4v) is 2.88. The van der Waals surface area contributed by atoms with Crippen molar-refractivity contribution in [1.82, 2.24) is 0 Å². The summed E-state index contributed by atoms with van der Waals surface area (Å²) in [6.07, 6.45) is 0.347. The summed E-state index contributed by atoms with van der Waals surface area (Å²) in [5.41, 5.74) is 1.27. The Hall–Kier alpha value is -1.20. The lowest BCUT2D eigenvalue weighted by atomic mass is 9.85. The van der Waals surface area contributed by atoms with Gasteiger partial charge in [-0.15, -0.1) is 0 Å². The van der Waals surface area contributed by atoms with E-state index in [-0.39, 0.29) is 18.9 Å². The van der Waals surface area contributed by atoms with Crippen LogP contribution in [0.3, 0.4) is 0 Å². The molecule has 0 bridgehead atoms. The Morgan fingerprint density at radius 2 is 2.10 bits per heavy atom. The molecule has 1 heterocycles. The molecule has 0 radical (unpaired) electrons. The lowest BCUT2D eigenvalue weighted by Crippen LogP contribution is -2.33. The number of carbonyl (C=O) groups is 2. The van der Waals surface area contributed by atoms with Crippen LogP contribution in [0.15, 0.2) is 16.8 Å². The van der Waals surface area contributed by atoms with Gasteiger partial charge in [0.25, 0.3) is 0 Å². The summed E-state index contributed by atoms with van der Waals surface area (Å²) in [6, 6.07) is 2.08. The molecule has 1 unspecified atom stereocenters. The summed E-state index contributed by atoms with van der Waals surface area (Å²) >= 11 is 1.66. The van der Waals surface area contributed by atoms with E-state index >= 15 is 0 Å². The zero-order chi connectivity index (χ0) is 15.8. The average molecular weight is 312 g/mol. The van der Waals surface area contributed by atoms with Crippen LogP contribution in [0.1, 0.15) is 39.2 Å². The first-order valence-electron chi connectivity index (χ1n) is 7.34. The van der Waals surface area contributed by atoms with E-state index in [2.05, 4.69) is 30.0 Å². The highest BCUT2D eigenvalue weighted by atomic mass is 32.1. The van der Waals surface area contributed by atoms with Crippen LogP contribution < -0.4 is 0 Å². The average Bonchev–Trinajstić information content (AvgIpc) is 2.95. The molecule has 0 saturated carbocycles. The molecular formula is C16H24O4S. The van der Waals surface area contributed by atoms with Gasteiger partial charge in [0.1, 0.15) is 0 Å². The van der Waals surface area contributed by atoms with Gasteiger partial charge in [0.2, 0.25) is 6.10 Å². The number of thiophene rings is 1. The van der Waals surface area contributed by atoms with E-state index < -0.39 is 17.9 Å². The van der Waals surface area contributed by atoms with Crippen molar-refractivity contribution in [3.05, 3.63) is 22.4 Å². The molecule has 0 fully saturated rings. The number of rotatable bonds is 9. The van der Waals surface area contributed by atoms with Crippen LogP contribution in [0.2, 0.25) is 0 Å². The third-order valence-corrected chi connectivity index (χ3v) is 4.34. The summed E-state index contributed by atoms with van der Waals surface area (Å²) in [4.78, 5) is 23.4. The van der Waals surface area contributed by atoms with Gasteiger partial charge in [-0.3, -0.25) is 4.79 Å². The number of ketones is 1. The second-order valence-corrected chi connectivity index (χ2v) is 6.28. The van der Waals surface area contributed by atoms with Crippen molar-refractivity contribution in [3.63, 3.8) is 0 Å². The Labute approximate surface area is 130 Å². The van der Waals surface area contributed by atoms with Gasteiger partial charge in [0.05, 0.1) is 6.61 Å². The number of aliphatic hydroxyl groups is 1. The highest BCUT2D eigenvalue weighted by Crippen LogP contribution is 2.23. The molecule has 0 aliphatic rings. The molecule has 1 rings (SSSR count). The molecule has 0 aliphatic carbocycles. The van der Waals surface area contributed by atoms with Crippen molar-refractivity contribution >= 4 is 23.1 Å². The van der Waals surface area contributed by atoms with Crippen molar-refractivity contribution in [2.45, 2.75) is 46.1 Å². The Morgan fingerprint density at radius 3 is 2.62 bits per heavy atom. The third kappa shape index (κ3) is 5.98. The van der Waals surface area contributed by atoms with Gasteiger partial charge < -0.3 is 9.84 Å². The highest BCUT2D eigenvalue weighted by Gasteiger charge is 2.28. The summed E-state index contributed by atoms with van der Waals surface area (Å²) in [5.74, 6) is -0.816. The predicted octanol–water partition coefficient (Wildman–Crippen LogP) is 2.84. The number of ether oxygens (including phenoxy) is 1. The lowest BCUT2D eigenvalue weighted by Gasteiger charge is -2.21. The first-order valence-corrected chi connectivity index (χ1v) is 8.28. The maximum Gasteiger partial charge on any atom is 0.342 e. The molecule has 118 valence electrons. The topological polar surface area (TPSA) is 63.6 Å². The fourth-order valence-electron chi connectivity index (χ4n) is 2.18. The van der Waals surface area contributed by atoms with Gasteiger partial charge in [0, 0.05) is 6.42 Å². The molecule has 0 spiro atoms. The second kappa shape index (κ2) is 8.95. The van der Waals surface area contributed by atoms with Gasteiger partial charge in [0.15, 0.2) is 5.78 Å². The standard InChI is InChI=1S/C16H24O4S/c1-4-20-16(19)15(18)14(17)9-13(11(2)3)6-5-12-7-8-21-10-12/h7-8,10-11,13,15,18H,4-6,9H2,1-3H3/t13?,15-/m0/s1. The van der Waals surface area contributed by atoms with E-state index in [4.69, 9.17) is 0 Å². The quantitative estimate of drug-likeness (QED) is 0.562. The van der Waals surface area contributed by atoms with Crippen LogP contribution in [0, 0.1) is 11.8 Å². The normalized spacial score (nSPS) is 14.0. The largest absolute Gasteiger partial charge is 0.464 e. The number of aryl methyl sites for hydroxylation is 1. The first kappa shape index (κ1) is 17.9. The van der Waals surface area contributed by atoms with Crippen molar-refractivity contribution in [3.8, 4) is 0 Å². The number of hydrogen-bond acceptors (Lipinski definition) is 5. The van der Waals surface area contributed by atoms with Crippen LogP contribution >= 0.6 is 11.3 Å².